The predicted molar refractivity (Wildman–Crippen MR) is 69.8 cm³/mol. The van der Waals surface area contributed by atoms with Gasteiger partial charge in [0.1, 0.15) is 17.5 Å². The van der Waals surface area contributed by atoms with Crippen molar-refractivity contribution < 1.29 is 13.2 Å². The van der Waals surface area contributed by atoms with Crippen molar-refractivity contribution in [1.82, 2.24) is 0 Å². The summed E-state index contributed by atoms with van der Waals surface area (Å²) in [5, 5.41) is 2.97. The molecule has 0 aliphatic rings. The molecule has 0 aromatic heterocycles. The van der Waals surface area contributed by atoms with Crippen LogP contribution in [-0.2, 0) is 6.54 Å². The molecule has 5 heteroatoms. The van der Waals surface area contributed by atoms with Crippen LogP contribution in [0.5, 0.6) is 0 Å². The number of nitrogens with one attached hydrogen (secondary N) is 1. The third kappa shape index (κ3) is 3.20. The van der Waals surface area contributed by atoms with Gasteiger partial charge in [-0.15, -0.1) is 0 Å². The molecule has 0 amide bonds. The molecule has 0 radical (unpaired) electrons. The van der Waals surface area contributed by atoms with Gasteiger partial charge in [-0.2, -0.15) is 0 Å². The van der Waals surface area contributed by atoms with Crippen LogP contribution in [0, 0.1) is 24.4 Å². The zero-order valence-electron chi connectivity index (χ0n) is 10.1. The third-order valence-corrected chi connectivity index (χ3v) is 3.08. The van der Waals surface area contributed by atoms with Crippen molar-refractivity contribution in [3.05, 3.63) is 63.9 Å². The lowest BCUT2D eigenvalue weighted by Gasteiger charge is -2.10. The van der Waals surface area contributed by atoms with Crippen molar-refractivity contribution >= 4 is 17.3 Å². The summed E-state index contributed by atoms with van der Waals surface area (Å²) in [5.74, 6) is -1.48. The van der Waals surface area contributed by atoms with Crippen LogP contribution in [0.3, 0.4) is 0 Å². The van der Waals surface area contributed by atoms with Gasteiger partial charge in [-0.25, -0.2) is 13.2 Å². The van der Waals surface area contributed by atoms with Crippen LogP contribution in [0.4, 0.5) is 18.9 Å². The van der Waals surface area contributed by atoms with Crippen molar-refractivity contribution in [2.75, 3.05) is 5.32 Å². The zero-order valence-corrected chi connectivity index (χ0v) is 10.9. The lowest BCUT2D eigenvalue weighted by atomic mass is 10.2. The van der Waals surface area contributed by atoms with Crippen LogP contribution in [0.15, 0.2) is 30.3 Å². The van der Waals surface area contributed by atoms with Crippen LogP contribution in [-0.4, -0.2) is 0 Å². The maximum atomic E-state index is 13.6. The molecule has 1 N–H and O–H groups in total. The second-order valence-corrected chi connectivity index (χ2v) is 4.58. The van der Waals surface area contributed by atoms with Crippen LogP contribution >= 0.6 is 11.6 Å². The first kappa shape index (κ1) is 13.7. The largest absolute Gasteiger partial charge is 0.378 e. The fourth-order valence-electron chi connectivity index (χ4n) is 1.64. The molecule has 0 saturated heterocycles. The molecule has 0 aliphatic carbocycles. The number of anilines is 1. The number of rotatable bonds is 3. The normalized spacial score (nSPS) is 10.6. The number of hydrogen-bond donors (Lipinski definition) is 1. The summed E-state index contributed by atoms with van der Waals surface area (Å²) < 4.78 is 39.8. The highest BCUT2D eigenvalue weighted by Crippen LogP contribution is 2.22. The first-order chi connectivity index (χ1) is 8.97. The van der Waals surface area contributed by atoms with E-state index in [2.05, 4.69) is 5.32 Å². The van der Waals surface area contributed by atoms with Crippen LogP contribution in [0.25, 0.3) is 0 Å². The Kier molecular flexibility index (Phi) is 4.00. The second-order valence-electron chi connectivity index (χ2n) is 4.17. The summed E-state index contributed by atoms with van der Waals surface area (Å²) in [6.45, 7) is 1.66. The summed E-state index contributed by atoms with van der Waals surface area (Å²) in [6, 6.07) is 6.12. The van der Waals surface area contributed by atoms with Gasteiger partial charge in [0.25, 0.3) is 0 Å². The van der Waals surface area contributed by atoms with Gasteiger partial charge in [0.05, 0.1) is 5.69 Å². The van der Waals surface area contributed by atoms with Crippen LogP contribution in [0.2, 0.25) is 5.02 Å². The Morgan fingerprint density at radius 1 is 1.05 bits per heavy atom. The van der Waals surface area contributed by atoms with Gasteiger partial charge in [-0.1, -0.05) is 17.7 Å². The highest BCUT2D eigenvalue weighted by Gasteiger charge is 2.08. The van der Waals surface area contributed by atoms with E-state index in [0.29, 0.717) is 5.56 Å². The van der Waals surface area contributed by atoms with E-state index >= 15 is 0 Å². The van der Waals surface area contributed by atoms with E-state index in [9.17, 15) is 13.2 Å². The highest BCUT2D eigenvalue weighted by atomic mass is 35.5. The number of benzene rings is 2. The molecule has 0 spiro atoms. The summed E-state index contributed by atoms with van der Waals surface area (Å²) in [5.41, 5.74) is 0.884. The lowest BCUT2D eigenvalue weighted by Crippen LogP contribution is -2.03. The Morgan fingerprint density at radius 3 is 2.47 bits per heavy atom. The minimum atomic E-state index is -0.544. The molecule has 0 bridgehead atoms. The number of halogens is 4. The zero-order chi connectivity index (χ0) is 14.0. The molecule has 0 atom stereocenters. The molecular weight excluding hydrogens is 275 g/mol. The number of aryl methyl sites for hydroxylation is 1. The maximum Gasteiger partial charge on any atom is 0.146 e. The Morgan fingerprint density at radius 2 is 1.79 bits per heavy atom. The first-order valence-electron chi connectivity index (χ1n) is 5.61. The van der Waals surface area contributed by atoms with Gasteiger partial charge >= 0.3 is 0 Å². The average molecular weight is 286 g/mol. The van der Waals surface area contributed by atoms with Crippen LogP contribution < -0.4 is 5.32 Å². The molecule has 19 heavy (non-hydrogen) atoms. The fourth-order valence-corrected chi connectivity index (χ4v) is 1.87. The minimum absolute atomic E-state index is 0.0449. The molecule has 100 valence electrons. The fraction of sp³-hybridized carbons (Fsp3) is 0.143. The molecule has 1 nitrogen and oxygen atoms in total. The Labute approximate surface area is 114 Å². The Balaban J connectivity index is 2.16. The van der Waals surface area contributed by atoms with Gasteiger partial charge in [0.15, 0.2) is 0 Å². The van der Waals surface area contributed by atoms with Crippen molar-refractivity contribution in [1.29, 1.82) is 0 Å². The van der Waals surface area contributed by atoms with E-state index in [1.807, 2.05) is 0 Å². The molecule has 0 heterocycles. The predicted octanol–water partition coefficient (Wildman–Crippen LogP) is 4.68. The van der Waals surface area contributed by atoms with Crippen molar-refractivity contribution in [2.24, 2.45) is 0 Å². The average Bonchev–Trinajstić information content (AvgIpc) is 2.34. The highest BCUT2D eigenvalue weighted by molar-refractivity contribution is 6.31. The topological polar surface area (TPSA) is 12.0 Å². The SMILES string of the molecule is Cc1cc(F)c(NCc2ccc(F)cc2Cl)cc1F. The molecule has 0 aliphatic heterocycles. The van der Waals surface area contributed by atoms with Gasteiger partial charge in [-0.05, 0) is 36.2 Å². The van der Waals surface area contributed by atoms with Crippen molar-refractivity contribution in [2.45, 2.75) is 13.5 Å². The smallest absolute Gasteiger partial charge is 0.146 e. The van der Waals surface area contributed by atoms with Gasteiger partial charge in [0, 0.05) is 17.6 Å². The lowest BCUT2D eigenvalue weighted by molar-refractivity contribution is 0.594. The van der Waals surface area contributed by atoms with Crippen molar-refractivity contribution in [3.63, 3.8) is 0 Å². The summed E-state index contributed by atoms with van der Waals surface area (Å²) in [6.07, 6.45) is 0. The second kappa shape index (κ2) is 5.53. The summed E-state index contributed by atoms with van der Waals surface area (Å²) >= 11 is 5.84. The minimum Gasteiger partial charge on any atom is -0.378 e. The molecule has 2 aromatic rings. The van der Waals surface area contributed by atoms with E-state index in [0.717, 1.165) is 12.1 Å². The standard InChI is InChI=1S/C14H11ClF3N/c1-8-4-13(18)14(6-12(8)17)19-7-9-2-3-10(16)5-11(9)15/h2-6,19H,7H2,1H3. The molecular formula is C14H11ClF3N. The van der Waals surface area contributed by atoms with Crippen LogP contribution in [0.1, 0.15) is 11.1 Å². The van der Waals surface area contributed by atoms with E-state index < -0.39 is 17.5 Å². The molecule has 0 saturated carbocycles. The van der Waals surface area contributed by atoms with E-state index in [-0.39, 0.29) is 22.8 Å². The monoisotopic (exact) mass is 285 g/mol. The van der Waals surface area contributed by atoms with Gasteiger partial charge < -0.3 is 5.32 Å². The quantitative estimate of drug-likeness (QED) is 0.863. The molecule has 2 rings (SSSR count). The van der Waals surface area contributed by atoms with E-state index in [4.69, 9.17) is 11.6 Å². The van der Waals surface area contributed by atoms with Crippen molar-refractivity contribution in [3.8, 4) is 0 Å². The van der Waals surface area contributed by atoms with Gasteiger partial charge in [0.2, 0.25) is 0 Å². The van der Waals surface area contributed by atoms with Gasteiger partial charge in [-0.3, -0.25) is 0 Å². The Bertz CT molecular complexity index is 614. The summed E-state index contributed by atoms with van der Waals surface area (Å²) in [7, 11) is 0. The Hall–Kier alpha value is -1.68. The molecule has 2 aromatic carbocycles. The molecule has 0 fully saturated rings. The summed E-state index contributed by atoms with van der Waals surface area (Å²) in [4.78, 5) is 0. The van der Waals surface area contributed by atoms with E-state index in [1.54, 1.807) is 0 Å². The number of hydrogen-bond acceptors (Lipinski definition) is 1. The molecule has 0 unspecified atom stereocenters. The van der Waals surface area contributed by atoms with E-state index in [1.165, 1.54) is 25.1 Å². The maximum absolute atomic E-state index is 13.6. The first-order valence-corrected chi connectivity index (χ1v) is 5.98. The third-order valence-electron chi connectivity index (χ3n) is 2.73.